The maximum absolute atomic E-state index is 6.59. The molecule has 18 heavy (non-hydrogen) atoms. The molecule has 1 aliphatic rings. The molecule has 4 heteroatoms. The molecule has 102 valence electrons. The lowest BCUT2D eigenvalue weighted by Crippen LogP contribution is -2.52. The van der Waals surface area contributed by atoms with Crippen LogP contribution in [0.1, 0.15) is 50.1 Å². The SMILES string of the molecule is CN(C)C1(C(N)c2cnn(C)c2)CCCCCC1. The highest BCUT2D eigenvalue weighted by molar-refractivity contribution is 5.17. The highest BCUT2D eigenvalue weighted by Crippen LogP contribution is 2.39. The molecule has 0 saturated heterocycles. The van der Waals surface area contributed by atoms with Gasteiger partial charge in [-0.3, -0.25) is 4.68 Å². The van der Waals surface area contributed by atoms with E-state index in [0.29, 0.717) is 0 Å². The van der Waals surface area contributed by atoms with Crippen LogP contribution < -0.4 is 5.73 Å². The van der Waals surface area contributed by atoms with Gasteiger partial charge in [-0.05, 0) is 26.9 Å². The molecule has 2 rings (SSSR count). The minimum Gasteiger partial charge on any atom is -0.322 e. The Balaban J connectivity index is 2.28. The Bertz CT molecular complexity index is 375. The first kappa shape index (κ1) is 13.6. The van der Waals surface area contributed by atoms with Gasteiger partial charge in [-0.15, -0.1) is 0 Å². The van der Waals surface area contributed by atoms with Crippen molar-refractivity contribution < 1.29 is 0 Å². The van der Waals surface area contributed by atoms with Crippen molar-refractivity contribution in [3.8, 4) is 0 Å². The van der Waals surface area contributed by atoms with Gasteiger partial charge in [0.05, 0.1) is 12.2 Å². The molecule has 1 saturated carbocycles. The molecular formula is C14H26N4. The largest absolute Gasteiger partial charge is 0.322 e. The quantitative estimate of drug-likeness (QED) is 0.835. The first-order valence-corrected chi connectivity index (χ1v) is 6.98. The van der Waals surface area contributed by atoms with Crippen molar-refractivity contribution in [2.75, 3.05) is 14.1 Å². The number of aryl methyl sites for hydroxylation is 1. The van der Waals surface area contributed by atoms with Gasteiger partial charge >= 0.3 is 0 Å². The van der Waals surface area contributed by atoms with E-state index in [0.717, 1.165) is 5.56 Å². The number of hydrogen-bond donors (Lipinski definition) is 1. The van der Waals surface area contributed by atoms with Crippen molar-refractivity contribution in [1.82, 2.24) is 14.7 Å². The van der Waals surface area contributed by atoms with Crippen LogP contribution in [0.3, 0.4) is 0 Å². The highest BCUT2D eigenvalue weighted by atomic mass is 15.2. The molecular weight excluding hydrogens is 224 g/mol. The number of hydrogen-bond acceptors (Lipinski definition) is 3. The van der Waals surface area contributed by atoms with Crippen LogP contribution in [0.25, 0.3) is 0 Å². The smallest absolute Gasteiger partial charge is 0.0538 e. The third-order valence-electron chi connectivity index (χ3n) is 4.52. The van der Waals surface area contributed by atoms with Crippen LogP contribution in [-0.2, 0) is 7.05 Å². The maximum Gasteiger partial charge on any atom is 0.0538 e. The molecule has 1 unspecified atom stereocenters. The van der Waals surface area contributed by atoms with Gasteiger partial charge in [0.15, 0.2) is 0 Å². The van der Waals surface area contributed by atoms with Gasteiger partial charge in [0.25, 0.3) is 0 Å². The number of rotatable bonds is 3. The molecule has 1 fully saturated rings. The van der Waals surface area contributed by atoms with Crippen LogP contribution in [0, 0.1) is 0 Å². The number of likely N-dealkylation sites (N-methyl/N-ethyl adjacent to an activating group) is 1. The second-order valence-corrected chi connectivity index (χ2v) is 5.84. The van der Waals surface area contributed by atoms with Crippen LogP contribution >= 0.6 is 0 Å². The average molecular weight is 250 g/mol. The predicted molar refractivity (Wildman–Crippen MR) is 74.3 cm³/mol. The molecule has 4 nitrogen and oxygen atoms in total. The molecule has 0 radical (unpaired) electrons. The van der Waals surface area contributed by atoms with Crippen molar-refractivity contribution in [3.63, 3.8) is 0 Å². The summed E-state index contributed by atoms with van der Waals surface area (Å²) in [5.74, 6) is 0. The summed E-state index contributed by atoms with van der Waals surface area (Å²) in [5, 5.41) is 4.26. The molecule has 1 aromatic heterocycles. The maximum atomic E-state index is 6.59. The van der Waals surface area contributed by atoms with E-state index in [4.69, 9.17) is 5.73 Å². The zero-order valence-corrected chi connectivity index (χ0v) is 11.9. The molecule has 2 N–H and O–H groups in total. The topological polar surface area (TPSA) is 47.1 Å². The average Bonchev–Trinajstić information content (AvgIpc) is 2.63. The zero-order chi connectivity index (χ0) is 13.2. The molecule has 0 aromatic carbocycles. The molecule has 1 aromatic rings. The van der Waals surface area contributed by atoms with Crippen molar-refractivity contribution in [3.05, 3.63) is 18.0 Å². The summed E-state index contributed by atoms with van der Waals surface area (Å²) in [6.45, 7) is 0. The van der Waals surface area contributed by atoms with E-state index in [1.54, 1.807) is 0 Å². The van der Waals surface area contributed by atoms with Crippen LogP contribution in [0.5, 0.6) is 0 Å². The Kier molecular flexibility index (Phi) is 4.07. The summed E-state index contributed by atoms with van der Waals surface area (Å²) < 4.78 is 1.84. The third kappa shape index (κ3) is 2.45. The third-order valence-corrected chi connectivity index (χ3v) is 4.52. The summed E-state index contributed by atoms with van der Waals surface area (Å²) in [6, 6.07) is 0.0549. The fraction of sp³-hybridized carbons (Fsp3) is 0.786. The highest BCUT2D eigenvalue weighted by Gasteiger charge is 2.40. The van der Waals surface area contributed by atoms with Crippen molar-refractivity contribution >= 4 is 0 Å². The van der Waals surface area contributed by atoms with Gasteiger partial charge in [0, 0.05) is 24.3 Å². The summed E-state index contributed by atoms with van der Waals surface area (Å²) in [6.07, 6.45) is 11.6. The lowest BCUT2D eigenvalue weighted by molar-refractivity contribution is 0.0969. The number of aromatic nitrogens is 2. The standard InChI is InChI=1S/C14H26N4/c1-17(2)14(8-6-4-5-7-9-14)13(15)12-10-16-18(3)11-12/h10-11,13H,4-9,15H2,1-3H3. The summed E-state index contributed by atoms with van der Waals surface area (Å²) >= 11 is 0. The fourth-order valence-corrected chi connectivity index (χ4v) is 3.29. The lowest BCUT2D eigenvalue weighted by Gasteiger charge is -2.44. The molecule has 1 heterocycles. The number of nitrogens with two attached hydrogens (primary N) is 1. The minimum atomic E-state index is 0.0549. The summed E-state index contributed by atoms with van der Waals surface area (Å²) in [7, 11) is 6.29. The zero-order valence-electron chi connectivity index (χ0n) is 11.9. The van der Waals surface area contributed by atoms with E-state index >= 15 is 0 Å². The predicted octanol–water partition coefficient (Wildman–Crippen LogP) is 2.07. The Morgan fingerprint density at radius 2 is 1.89 bits per heavy atom. The Morgan fingerprint density at radius 3 is 2.33 bits per heavy atom. The number of nitrogens with zero attached hydrogens (tertiary/aromatic N) is 3. The first-order valence-electron chi connectivity index (χ1n) is 6.98. The van der Waals surface area contributed by atoms with E-state index in [1.807, 2.05) is 17.9 Å². The summed E-state index contributed by atoms with van der Waals surface area (Å²) in [5.41, 5.74) is 7.85. The molecule has 1 atom stereocenters. The monoisotopic (exact) mass is 250 g/mol. The molecule has 0 amide bonds. The van der Waals surface area contributed by atoms with Crippen molar-refractivity contribution in [2.24, 2.45) is 12.8 Å². The van der Waals surface area contributed by atoms with Gasteiger partial charge in [-0.2, -0.15) is 5.10 Å². The molecule has 0 bridgehead atoms. The second kappa shape index (κ2) is 5.41. The Hall–Kier alpha value is -0.870. The van der Waals surface area contributed by atoms with Crippen molar-refractivity contribution in [2.45, 2.75) is 50.1 Å². The molecule has 0 spiro atoms. The van der Waals surface area contributed by atoms with Gasteiger partial charge in [0.2, 0.25) is 0 Å². The lowest BCUT2D eigenvalue weighted by atomic mass is 9.79. The van der Waals surface area contributed by atoms with E-state index in [-0.39, 0.29) is 11.6 Å². The first-order chi connectivity index (χ1) is 8.56. The fourth-order valence-electron chi connectivity index (χ4n) is 3.29. The van der Waals surface area contributed by atoms with Gasteiger partial charge < -0.3 is 10.6 Å². The Morgan fingerprint density at radius 1 is 1.28 bits per heavy atom. The van der Waals surface area contributed by atoms with Crippen LogP contribution in [0.15, 0.2) is 12.4 Å². The van der Waals surface area contributed by atoms with Crippen molar-refractivity contribution in [1.29, 1.82) is 0 Å². The van der Waals surface area contributed by atoms with E-state index in [2.05, 4.69) is 30.3 Å². The van der Waals surface area contributed by atoms with Gasteiger partial charge in [0.1, 0.15) is 0 Å². The molecule has 0 aliphatic heterocycles. The second-order valence-electron chi connectivity index (χ2n) is 5.84. The minimum absolute atomic E-state index is 0.0549. The van der Waals surface area contributed by atoms with E-state index in [1.165, 1.54) is 38.5 Å². The Labute approximate surface area is 110 Å². The van der Waals surface area contributed by atoms with Gasteiger partial charge in [-0.1, -0.05) is 25.7 Å². The van der Waals surface area contributed by atoms with Gasteiger partial charge in [-0.25, -0.2) is 0 Å². The van der Waals surface area contributed by atoms with Crippen LogP contribution in [0.2, 0.25) is 0 Å². The normalized spacial score (nSPS) is 21.8. The van der Waals surface area contributed by atoms with E-state index < -0.39 is 0 Å². The van der Waals surface area contributed by atoms with E-state index in [9.17, 15) is 0 Å². The van der Waals surface area contributed by atoms with Crippen LogP contribution in [-0.4, -0.2) is 34.3 Å². The van der Waals surface area contributed by atoms with Crippen LogP contribution in [0.4, 0.5) is 0 Å². The molecule has 1 aliphatic carbocycles. The summed E-state index contributed by atoms with van der Waals surface area (Å²) in [4.78, 5) is 2.34.